The molecule has 1 N–H and O–H groups in total. The smallest absolute Gasteiger partial charge is 0.279 e. The fourth-order valence-electron chi connectivity index (χ4n) is 4.22. The Balaban J connectivity index is 1.34. The van der Waals surface area contributed by atoms with Crippen LogP contribution in [0.3, 0.4) is 0 Å². The minimum absolute atomic E-state index is 0.228. The third-order valence-corrected chi connectivity index (χ3v) is 7.54. The van der Waals surface area contributed by atoms with E-state index in [4.69, 9.17) is 0 Å². The molecule has 0 aliphatic carbocycles. The van der Waals surface area contributed by atoms with Gasteiger partial charge >= 0.3 is 0 Å². The van der Waals surface area contributed by atoms with Gasteiger partial charge in [0.25, 0.3) is 10.2 Å². The molecule has 0 unspecified atom stereocenters. The molecule has 0 amide bonds. The van der Waals surface area contributed by atoms with Crippen molar-refractivity contribution in [3.8, 4) is 0 Å². The molecule has 7 nitrogen and oxygen atoms in total. The Morgan fingerprint density at radius 1 is 1.06 bits per heavy atom. The minimum atomic E-state index is -3.48. The summed E-state index contributed by atoms with van der Waals surface area (Å²) in [7, 11) is -3.48. The van der Waals surface area contributed by atoms with Crippen molar-refractivity contribution in [3.63, 3.8) is 0 Å². The summed E-state index contributed by atoms with van der Waals surface area (Å²) in [6.45, 7) is 6.73. The van der Waals surface area contributed by atoms with Crippen LogP contribution in [0.15, 0.2) is 42.6 Å². The molecule has 4 rings (SSSR count). The number of aromatic nitrogens is 1. The maximum absolute atomic E-state index is 13.2. The molecule has 9 heteroatoms. The fourth-order valence-corrected chi connectivity index (χ4v) is 5.57. The summed E-state index contributed by atoms with van der Waals surface area (Å²) in [5, 5.41) is 0. The molecule has 1 aromatic heterocycles. The Bertz CT molecular complexity index is 978. The van der Waals surface area contributed by atoms with Gasteiger partial charge < -0.3 is 9.80 Å². The van der Waals surface area contributed by atoms with Crippen molar-refractivity contribution in [3.05, 3.63) is 54.0 Å². The van der Waals surface area contributed by atoms with Crippen molar-refractivity contribution in [2.45, 2.75) is 26.3 Å². The zero-order chi connectivity index (χ0) is 21.8. The molecular formula is C22H30FN5O2S. The van der Waals surface area contributed by atoms with Gasteiger partial charge in [-0.25, -0.2) is 9.37 Å². The normalized spacial score (nSPS) is 20.8. The second-order valence-corrected chi connectivity index (χ2v) is 10.2. The maximum Gasteiger partial charge on any atom is 0.279 e. The van der Waals surface area contributed by atoms with Crippen molar-refractivity contribution < 1.29 is 12.8 Å². The van der Waals surface area contributed by atoms with Crippen LogP contribution in [0.5, 0.6) is 0 Å². The minimum Gasteiger partial charge on any atom is -0.368 e. The average Bonchev–Trinajstić information content (AvgIpc) is 2.79. The number of nitrogens with zero attached hydrogens (tertiary/aromatic N) is 4. The number of pyridine rings is 1. The lowest BCUT2D eigenvalue weighted by atomic mass is 10.0. The zero-order valence-electron chi connectivity index (χ0n) is 17.9. The van der Waals surface area contributed by atoms with Gasteiger partial charge in [0.15, 0.2) is 0 Å². The van der Waals surface area contributed by atoms with Crippen LogP contribution in [0.25, 0.3) is 0 Å². The first kappa shape index (κ1) is 22.0. The van der Waals surface area contributed by atoms with Gasteiger partial charge in [0.05, 0.1) is 0 Å². The quantitative estimate of drug-likeness (QED) is 0.737. The van der Waals surface area contributed by atoms with E-state index in [1.165, 1.54) is 12.1 Å². The average molecular weight is 448 g/mol. The molecule has 0 radical (unpaired) electrons. The van der Waals surface area contributed by atoms with E-state index in [9.17, 15) is 12.8 Å². The summed E-state index contributed by atoms with van der Waals surface area (Å²) >= 11 is 0. The Kier molecular flexibility index (Phi) is 6.74. The van der Waals surface area contributed by atoms with Gasteiger partial charge in [0.1, 0.15) is 11.6 Å². The van der Waals surface area contributed by atoms with E-state index in [0.29, 0.717) is 19.0 Å². The van der Waals surface area contributed by atoms with E-state index in [-0.39, 0.29) is 12.4 Å². The second kappa shape index (κ2) is 9.50. The highest BCUT2D eigenvalue weighted by Crippen LogP contribution is 2.21. The second-order valence-electron chi connectivity index (χ2n) is 8.40. The Hall–Kier alpha value is -2.23. The molecule has 31 heavy (non-hydrogen) atoms. The number of nitrogens with one attached hydrogen (secondary N) is 1. The first-order chi connectivity index (χ1) is 14.9. The van der Waals surface area contributed by atoms with E-state index >= 15 is 0 Å². The topological polar surface area (TPSA) is 68.8 Å². The van der Waals surface area contributed by atoms with Crippen LogP contribution in [0.2, 0.25) is 0 Å². The van der Waals surface area contributed by atoms with Crippen LogP contribution in [0.1, 0.15) is 25.3 Å². The molecule has 2 fully saturated rings. The van der Waals surface area contributed by atoms with Crippen LogP contribution < -0.4 is 14.5 Å². The highest BCUT2D eigenvalue weighted by atomic mass is 32.2. The Morgan fingerprint density at radius 2 is 1.77 bits per heavy atom. The molecule has 168 valence electrons. The largest absolute Gasteiger partial charge is 0.368 e. The predicted molar refractivity (Wildman–Crippen MR) is 121 cm³/mol. The van der Waals surface area contributed by atoms with Gasteiger partial charge in [-0.05, 0) is 60.7 Å². The van der Waals surface area contributed by atoms with Crippen LogP contribution >= 0.6 is 0 Å². The first-order valence-electron chi connectivity index (χ1n) is 10.9. The molecule has 1 atom stereocenters. The molecule has 2 aromatic rings. The molecule has 3 heterocycles. The molecular weight excluding hydrogens is 417 g/mol. The van der Waals surface area contributed by atoms with Gasteiger partial charge in [-0.1, -0.05) is 6.92 Å². The third-order valence-electron chi connectivity index (χ3n) is 6.02. The third kappa shape index (κ3) is 5.53. The summed E-state index contributed by atoms with van der Waals surface area (Å²) in [6, 6.07) is 10.4. The highest BCUT2D eigenvalue weighted by molar-refractivity contribution is 7.87. The number of hydrogen-bond acceptors (Lipinski definition) is 5. The van der Waals surface area contributed by atoms with Gasteiger partial charge in [-0.2, -0.15) is 17.4 Å². The lowest BCUT2D eigenvalue weighted by Gasteiger charge is -2.36. The van der Waals surface area contributed by atoms with E-state index in [1.807, 2.05) is 12.1 Å². The van der Waals surface area contributed by atoms with Gasteiger partial charge in [0, 0.05) is 57.7 Å². The lowest BCUT2D eigenvalue weighted by molar-refractivity contribution is 0.278. The standard InChI is InChI=1S/C22H30FN5O2S/c1-18-3-2-10-28(17-18)31(29,30)25-16-19-8-9-24-22(15-19)27-13-11-26(12-14-27)21-6-4-20(23)5-7-21/h4-9,15,18,25H,2-3,10-14,16-17H2,1H3/t18-/m1/s1. The zero-order valence-corrected chi connectivity index (χ0v) is 18.7. The summed E-state index contributed by atoms with van der Waals surface area (Å²) in [4.78, 5) is 8.92. The van der Waals surface area contributed by atoms with Crippen molar-refractivity contribution in [1.29, 1.82) is 0 Å². The number of piperidine rings is 1. The monoisotopic (exact) mass is 447 g/mol. The fraction of sp³-hybridized carbons (Fsp3) is 0.500. The SMILES string of the molecule is C[C@@H]1CCCN(S(=O)(=O)NCc2ccnc(N3CCN(c4ccc(F)cc4)CC3)c2)C1. The molecule has 2 aliphatic rings. The van der Waals surface area contributed by atoms with Crippen molar-refractivity contribution in [1.82, 2.24) is 14.0 Å². The van der Waals surface area contributed by atoms with E-state index in [2.05, 4.69) is 26.4 Å². The first-order valence-corrected chi connectivity index (χ1v) is 12.3. The summed E-state index contributed by atoms with van der Waals surface area (Å²) in [5.41, 5.74) is 1.91. The van der Waals surface area contributed by atoms with Gasteiger partial charge in [0.2, 0.25) is 0 Å². The van der Waals surface area contributed by atoms with Crippen molar-refractivity contribution >= 4 is 21.7 Å². The maximum atomic E-state index is 13.2. The number of hydrogen-bond donors (Lipinski definition) is 1. The van der Waals surface area contributed by atoms with Gasteiger partial charge in [-0.3, -0.25) is 0 Å². The summed E-state index contributed by atoms with van der Waals surface area (Å²) in [6.07, 6.45) is 3.72. The molecule has 0 bridgehead atoms. The number of rotatable bonds is 6. The predicted octanol–water partition coefficient (Wildman–Crippen LogP) is 2.61. The molecule has 0 saturated carbocycles. The van der Waals surface area contributed by atoms with Crippen molar-refractivity contribution in [2.24, 2.45) is 5.92 Å². The van der Waals surface area contributed by atoms with E-state index < -0.39 is 10.2 Å². The van der Waals surface area contributed by atoms with Crippen LogP contribution in [0.4, 0.5) is 15.9 Å². The number of halogens is 1. The van der Waals surface area contributed by atoms with E-state index in [0.717, 1.165) is 56.1 Å². The number of piperazine rings is 1. The lowest BCUT2D eigenvalue weighted by Crippen LogP contribution is -2.47. The number of anilines is 2. The Labute approximate surface area is 184 Å². The highest BCUT2D eigenvalue weighted by Gasteiger charge is 2.26. The molecule has 1 aromatic carbocycles. The van der Waals surface area contributed by atoms with Crippen LogP contribution in [-0.2, 0) is 16.8 Å². The summed E-state index contributed by atoms with van der Waals surface area (Å²) in [5.74, 6) is 1.02. The summed E-state index contributed by atoms with van der Waals surface area (Å²) < 4.78 is 42.7. The molecule has 2 saturated heterocycles. The number of benzene rings is 1. The van der Waals surface area contributed by atoms with Crippen LogP contribution in [-0.4, -0.2) is 57.0 Å². The van der Waals surface area contributed by atoms with Crippen molar-refractivity contribution in [2.75, 3.05) is 49.1 Å². The Morgan fingerprint density at radius 3 is 2.48 bits per heavy atom. The molecule has 2 aliphatic heterocycles. The van der Waals surface area contributed by atoms with E-state index in [1.54, 1.807) is 22.6 Å². The molecule has 0 spiro atoms. The van der Waals surface area contributed by atoms with Gasteiger partial charge in [-0.15, -0.1) is 0 Å². The van der Waals surface area contributed by atoms with Crippen LogP contribution in [0, 0.1) is 11.7 Å².